The van der Waals surface area contributed by atoms with Crippen LogP contribution in [-0.2, 0) is 13.0 Å². The summed E-state index contributed by atoms with van der Waals surface area (Å²) in [5, 5.41) is 4.23. The largest absolute Gasteiger partial charge is 0.322 e. The van der Waals surface area contributed by atoms with Crippen molar-refractivity contribution in [2.75, 3.05) is 0 Å². The number of halogens is 3. The van der Waals surface area contributed by atoms with Crippen molar-refractivity contribution in [2.45, 2.75) is 32.4 Å². The van der Waals surface area contributed by atoms with Gasteiger partial charge in [-0.2, -0.15) is 5.10 Å². The van der Waals surface area contributed by atoms with E-state index in [4.69, 9.17) is 5.73 Å². The number of rotatable bonds is 5. The summed E-state index contributed by atoms with van der Waals surface area (Å²) in [5.41, 5.74) is 7.22. The second-order valence-electron chi connectivity index (χ2n) is 4.62. The van der Waals surface area contributed by atoms with Crippen LogP contribution in [0.3, 0.4) is 0 Å². The molecule has 0 saturated heterocycles. The van der Waals surface area contributed by atoms with E-state index in [-0.39, 0.29) is 12.0 Å². The van der Waals surface area contributed by atoms with Crippen molar-refractivity contribution in [3.8, 4) is 0 Å². The maximum Gasteiger partial charge on any atom is 0.162 e. The first-order chi connectivity index (χ1) is 9.54. The molecule has 1 aromatic heterocycles. The van der Waals surface area contributed by atoms with Gasteiger partial charge in [-0.3, -0.25) is 4.68 Å². The minimum Gasteiger partial charge on any atom is -0.322 e. The Bertz CT molecular complexity index is 598. The Morgan fingerprint density at radius 3 is 2.85 bits per heavy atom. The number of nitrogens with two attached hydrogens (primary N) is 1. The molecule has 3 nitrogen and oxygen atoms in total. The molecular weight excluding hydrogens is 328 g/mol. The molecular formula is C14H16BrF2N3. The van der Waals surface area contributed by atoms with Crippen LogP contribution in [0.4, 0.5) is 8.78 Å². The normalized spacial score (nSPS) is 12.7. The molecule has 0 aliphatic heterocycles. The summed E-state index contributed by atoms with van der Waals surface area (Å²) >= 11 is 3.40. The Hall–Kier alpha value is -1.27. The predicted molar refractivity (Wildman–Crippen MR) is 77.2 cm³/mol. The van der Waals surface area contributed by atoms with Gasteiger partial charge >= 0.3 is 0 Å². The zero-order valence-electron chi connectivity index (χ0n) is 11.1. The third-order valence-electron chi connectivity index (χ3n) is 3.09. The molecule has 20 heavy (non-hydrogen) atoms. The summed E-state index contributed by atoms with van der Waals surface area (Å²) in [6.45, 7) is 2.78. The molecule has 2 rings (SSSR count). The number of benzene rings is 1. The molecule has 1 unspecified atom stereocenters. The third kappa shape index (κ3) is 3.07. The molecule has 0 spiro atoms. The van der Waals surface area contributed by atoms with Gasteiger partial charge in [0.05, 0.1) is 22.4 Å². The first-order valence-electron chi connectivity index (χ1n) is 6.44. The summed E-state index contributed by atoms with van der Waals surface area (Å²) in [5.74, 6) is -1.68. The van der Waals surface area contributed by atoms with E-state index < -0.39 is 17.7 Å². The fourth-order valence-corrected chi connectivity index (χ4v) is 2.76. The zero-order valence-corrected chi connectivity index (χ0v) is 12.7. The van der Waals surface area contributed by atoms with Crippen LogP contribution in [0.15, 0.2) is 28.9 Å². The van der Waals surface area contributed by atoms with E-state index in [1.807, 2.05) is 6.92 Å². The van der Waals surface area contributed by atoms with E-state index in [2.05, 4.69) is 21.0 Å². The van der Waals surface area contributed by atoms with Crippen molar-refractivity contribution >= 4 is 15.9 Å². The molecule has 1 heterocycles. The molecule has 2 aromatic rings. The van der Waals surface area contributed by atoms with E-state index in [0.29, 0.717) is 0 Å². The van der Waals surface area contributed by atoms with Crippen LogP contribution in [0.1, 0.15) is 30.6 Å². The number of aryl methyl sites for hydroxylation is 1. The average molecular weight is 344 g/mol. The van der Waals surface area contributed by atoms with Crippen molar-refractivity contribution in [1.82, 2.24) is 9.78 Å². The highest BCUT2D eigenvalue weighted by molar-refractivity contribution is 9.10. The number of nitrogens with zero attached hydrogens (tertiary/aromatic N) is 2. The van der Waals surface area contributed by atoms with Gasteiger partial charge in [-0.25, -0.2) is 8.78 Å². The Morgan fingerprint density at radius 2 is 2.15 bits per heavy atom. The summed E-state index contributed by atoms with van der Waals surface area (Å²) in [6.07, 6.45) is 2.81. The minimum atomic E-state index is -0.851. The molecule has 2 N–H and O–H groups in total. The smallest absolute Gasteiger partial charge is 0.162 e. The highest BCUT2D eigenvalue weighted by atomic mass is 79.9. The van der Waals surface area contributed by atoms with Gasteiger partial charge in [-0.1, -0.05) is 19.1 Å². The highest BCUT2D eigenvalue weighted by Gasteiger charge is 2.19. The van der Waals surface area contributed by atoms with Gasteiger partial charge in [0.1, 0.15) is 0 Å². The molecule has 6 heteroatoms. The standard InChI is InChI=1S/C14H16BrF2N3/c1-2-6-20-14(10(15)8-19-20)12(18)7-9-4-3-5-11(16)13(9)17/h3-5,8,12H,2,6-7,18H2,1H3. The molecule has 0 bridgehead atoms. The molecule has 0 aliphatic carbocycles. The van der Waals surface area contributed by atoms with Crippen LogP contribution in [0, 0.1) is 11.6 Å². The third-order valence-corrected chi connectivity index (χ3v) is 3.70. The lowest BCUT2D eigenvalue weighted by molar-refractivity contribution is 0.487. The first kappa shape index (κ1) is 15.1. The lowest BCUT2D eigenvalue weighted by atomic mass is 10.0. The van der Waals surface area contributed by atoms with Crippen LogP contribution >= 0.6 is 15.9 Å². The van der Waals surface area contributed by atoms with Gasteiger partial charge in [-0.15, -0.1) is 0 Å². The van der Waals surface area contributed by atoms with Gasteiger partial charge in [0.25, 0.3) is 0 Å². The van der Waals surface area contributed by atoms with Crippen LogP contribution in [0.25, 0.3) is 0 Å². The van der Waals surface area contributed by atoms with E-state index in [1.54, 1.807) is 16.9 Å². The molecule has 1 atom stereocenters. The molecule has 108 valence electrons. The number of hydrogen-bond acceptors (Lipinski definition) is 2. The van der Waals surface area contributed by atoms with E-state index in [1.165, 1.54) is 6.07 Å². The van der Waals surface area contributed by atoms with Crippen molar-refractivity contribution in [3.05, 3.63) is 51.8 Å². The zero-order chi connectivity index (χ0) is 14.7. The van der Waals surface area contributed by atoms with Crippen molar-refractivity contribution in [1.29, 1.82) is 0 Å². The van der Waals surface area contributed by atoms with Gasteiger partial charge in [-0.05, 0) is 40.4 Å². The maximum atomic E-state index is 13.7. The van der Waals surface area contributed by atoms with Crippen LogP contribution in [0.5, 0.6) is 0 Å². The molecule has 0 amide bonds. The Kier molecular flexibility index (Phi) is 4.88. The average Bonchev–Trinajstić information content (AvgIpc) is 2.77. The summed E-state index contributed by atoms with van der Waals surface area (Å²) in [4.78, 5) is 0. The summed E-state index contributed by atoms with van der Waals surface area (Å²) in [7, 11) is 0. The first-order valence-corrected chi connectivity index (χ1v) is 7.23. The van der Waals surface area contributed by atoms with Gasteiger partial charge < -0.3 is 5.73 Å². The van der Waals surface area contributed by atoms with Crippen LogP contribution in [-0.4, -0.2) is 9.78 Å². The number of hydrogen-bond donors (Lipinski definition) is 1. The van der Waals surface area contributed by atoms with Crippen LogP contribution in [0.2, 0.25) is 0 Å². The van der Waals surface area contributed by atoms with Crippen molar-refractivity contribution in [2.24, 2.45) is 5.73 Å². The molecule has 0 fully saturated rings. The lowest BCUT2D eigenvalue weighted by Crippen LogP contribution is -2.20. The lowest BCUT2D eigenvalue weighted by Gasteiger charge is -2.15. The fourth-order valence-electron chi connectivity index (χ4n) is 2.17. The number of aromatic nitrogens is 2. The monoisotopic (exact) mass is 343 g/mol. The second-order valence-corrected chi connectivity index (χ2v) is 5.48. The molecule has 0 saturated carbocycles. The highest BCUT2D eigenvalue weighted by Crippen LogP contribution is 2.26. The molecule has 0 aliphatic rings. The summed E-state index contributed by atoms with van der Waals surface area (Å²) in [6, 6.07) is 3.68. The Labute approximate surface area is 124 Å². The van der Waals surface area contributed by atoms with Gasteiger partial charge in [0.15, 0.2) is 11.6 Å². The predicted octanol–water partition coefficient (Wildman–Crippen LogP) is 3.58. The fraction of sp³-hybridized carbons (Fsp3) is 0.357. The van der Waals surface area contributed by atoms with Crippen molar-refractivity contribution < 1.29 is 8.78 Å². The Balaban J connectivity index is 2.26. The molecule has 1 aromatic carbocycles. The van der Waals surface area contributed by atoms with Crippen LogP contribution < -0.4 is 5.73 Å². The van der Waals surface area contributed by atoms with E-state index >= 15 is 0 Å². The quantitative estimate of drug-likeness (QED) is 0.901. The van der Waals surface area contributed by atoms with E-state index in [9.17, 15) is 8.78 Å². The Morgan fingerprint density at radius 1 is 1.40 bits per heavy atom. The summed E-state index contributed by atoms with van der Waals surface area (Å²) < 4.78 is 29.5. The minimum absolute atomic E-state index is 0.220. The maximum absolute atomic E-state index is 13.7. The van der Waals surface area contributed by atoms with Gasteiger partial charge in [0.2, 0.25) is 0 Å². The second kappa shape index (κ2) is 6.45. The topological polar surface area (TPSA) is 43.8 Å². The van der Waals surface area contributed by atoms with E-state index in [0.717, 1.165) is 29.2 Å². The van der Waals surface area contributed by atoms with Gasteiger partial charge in [0, 0.05) is 6.54 Å². The molecule has 0 radical (unpaired) electrons. The SMILES string of the molecule is CCCn1ncc(Br)c1C(N)Cc1cccc(F)c1F. The van der Waals surface area contributed by atoms with Crippen molar-refractivity contribution in [3.63, 3.8) is 0 Å².